The number of rotatable bonds is 6. The summed E-state index contributed by atoms with van der Waals surface area (Å²) in [5.74, 6) is 1.90. The summed E-state index contributed by atoms with van der Waals surface area (Å²) >= 11 is 0. The number of ether oxygens (including phenoxy) is 2. The fourth-order valence-corrected chi connectivity index (χ4v) is 3.70. The van der Waals surface area contributed by atoms with Crippen LogP contribution in [0.15, 0.2) is 29.3 Å². The molecule has 1 N–H and O–H groups in total. The Balaban J connectivity index is 0.00000225. The number of halogens is 1. The van der Waals surface area contributed by atoms with Crippen molar-refractivity contribution in [1.29, 1.82) is 0 Å². The zero-order valence-corrected chi connectivity index (χ0v) is 17.6. The molecular formula is C19H30IN3O2. The second-order valence-electron chi connectivity index (χ2n) is 6.91. The fourth-order valence-electron chi connectivity index (χ4n) is 3.70. The Bertz CT molecular complexity index is 576. The molecule has 0 radical (unpaired) electrons. The summed E-state index contributed by atoms with van der Waals surface area (Å²) in [5, 5.41) is 3.50. The minimum absolute atomic E-state index is 0. The van der Waals surface area contributed by atoms with Gasteiger partial charge in [0.1, 0.15) is 12.4 Å². The van der Waals surface area contributed by atoms with Crippen molar-refractivity contribution in [3.05, 3.63) is 29.8 Å². The van der Waals surface area contributed by atoms with Gasteiger partial charge in [0, 0.05) is 33.8 Å². The van der Waals surface area contributed by atoms with E-state index in [9.17, 15) is 0 Å². The van der Waals surface area contributed by atoms with Crippen LogP contribution in [0.25, 0.3) is 0 Å². The number of aliphatic imine (C=N–C) groups is 1. The molecule has 2 fully saturated rings. The Hall–Kier alpha value is -1.02. The minimum Gasteiger partial charge on any atom is -0.491 e. The zero-order valence-electron chi connectivity index (χ0n) is 15.3. The van der Waals surface area contributed by atoms with E-state index in [1.54, 1.807) is 7.11 Å². The Kier molecular flexibility index (Phi) is 7.81. The van der Waals surface area contributed by atoms with E-state index in [-0.39, 0.29) is 24.0 Å². The summed E-state index contributed by atoms with van der Waals surface area (Å²) in [4.78, 5) is 6.89. The van der Waals surface area contributed by atoms with Gasteiger partial charge in [-0.3, -0.25) is 4.99 Å². The predicted octanol–water partition coefficient (Wildman–Crippen LogP) is 3.28. The molecule has 1 aliphatic carbocycles. The third-order valence-corrected chi connectivity index (χ3v) is 5.27. The van der Waals surface area contributed by atoms with Crippen LogP contribution < -0.4 is 10.1 Å². The molecule has 1 spiro atoms. The van der Waals surface area contributed by atoms with Gasteiger partial charge in [-0.2, -0.15) is 0 Å². The molecule has 0 amide bonds. The van der Waals surface area contributed by atoms with E-state index in [4.69, 9.17) is 9.47 Å². The van der Waals surface area contributed by atoms with Crippen LogP contribution in [0, 0.1) is 5.41 Å². The van der Waals surface area contributed by atoms with E-state index in [0.717, 1.165) is 31.3 Å². The maximum atomic E-state index is 5.68. The fraction of sp³-hybridized carbons (Fsp3) is 0.632. The molecule has 25 heavy (non-hydrogen) atoms. The van der Waals surface area contributed by atoms with E-state index in [0.29, 0.717) is 18.6 Å². The zero-order chi connectivity index (χ0) is 16.8. The molecule has 1 saturated heterocycles. The van der Waals surface area contributed by atoms with Gasteiger partial charge in [0.05, 0.1) is 6.61 Å². The number of guanidine groups is 1. The average molecular weight is 459 g/mol. The highest BCUT2D eigenvalue weighted by molar-refractivity contribution is 14.0. The van der Waals surface area contributed by atoms with Gasteiger partial charge < -0.3 is 19.7 Å². The normalized spacial score (nSPS) is 18.6. The predicted molar refractivity (Wildman–Crippen MR) is 112 cm³/mol. The molecule has 0 atom stereocenters. The van der Waals surface area contributed by atoms with Crippen LogP contribution in [0.2, 0.25) is 0 Å². The highest BCUT2D eigenvalue weighted by Crippen LogP contribution is 2.47. The number of hydrogen-bond donors (Lipinski definition) is 1. The Morgan fingerprint density at radius 3 is 2.76 bits per heavy atom. The molecule has 140 valence electrons. The van der Waals surface area contributed by atoms with Crippen LogP contribution in [0.4, 0.5) is 0 Å². The maximum Gasteiger partial charge on any atom is 0.193 e. The lowest BCUT2D eigenvalue weighted by molar-refractivity contribution is 0.146. The van der Waals surface area contributed by atoms with E-state index in [1.807, 2.05) is 19.2 Å². The third-order valence-electron chi connectivity index (χ3n) is 5.27. The van der Waals surface area contributed by atoms with Gasteiger partial charge in [0.15, 0.2) is 5.96 Å². The molecular weight excluding hydrogens is 429 g/mol. The third kappa shape index (κ3) is 5.23. The first-order chi connectivity index (χ1) is 11.7. The molecule has 5 nitrogen and oxygen atoms in total. The van der Waals surface area contributed by atoms with Crippen LogP contribution in [0.3, 0.4) is 0 Å². The second kappa shape index (κ2) is 9.62. The van der Waals surface area contributed by atoms with Crippen LogP contribution in [-0.2, 0) is 11.3 Å². The smallest absolute Gasteiger partial charge is 0.193 e. The maximum absolute atomic E-state index is 5.68. The number of nitrogens with zero attached hydrogens (tertiary/aromatic N) is 2. The van der Waals surface area contributed by atoms with Crippen molar-refractivity contribution in [1.82, 2.24) is 10.2 Å². The van der Waals surface area contributed by atoms with E-state index in [1.165, 1.54) is 31.2 Å². The second-order valence-corrected chi connectivity index (χ2v) is 6.91. The molecule has 2 aliphatic rings. The molecule has 1 aliphatic heterocycles. The molecule has 1 saturated carbocycles. The molecule has 0 unspecified atom stereocenters. The first-order valence-electron chi connectivity index (χ1n) is 8.91. The Morgan fingerprint density at radius 1 is 1.28 bits per heavy atom. The minimum atomic E-state index is 0. The van der Waals surface area contributed by atoms with Gasteiger partial charge in [-0.1, -0.05) is 18.6 Å². The van der Waals surface area contributed by atoms with Crippen molar-refractivity contribution in [3.63, 3.8) is 0 Å². The molecule has 3 rings (SSSR count). The Labute approximate surface area is 168 Å². The van der Waals surface area contributed by atoms with Gasteiger partial charge in [-0.25, -0.2) is 0 Å². The highest BCUT2D eigenvalue weighted by atomic mass is 127. The van der Waals surface area contributed by atoms with Crippen LogP contribution in [0.5, 0.6) is 5.75 Å². The van der Waals surface area contributed by atoms with Crippen molar-refractivity contribution < 1.29 is 9.47 Å². The topological polar surface area (TPSA) is 46.1 Å². The summed E-state index contributed by atoms with van der Waals surface area (Å²) < 4.78 is 10.7. The van der Waals surface area contributed by atoms with Crippen molar-refractivity contribution in [2.24, 2.45) is 10.4 Å². The quantitative estimate of drug-likeness (QED) is 0.307. The van der Waals surface area contributed by atoms with Crippen molar-refractivity contribution >= 4 is 29.9 Å². The summed E-state index contributed by atoms with van der Waals surface area (Å²) in [7, 11) is 3.56. The number of hydrogen-bond acceptors (Lipinski definition) is 3. The lowest BCUT2D eigenvalue weighted by atomic mass is 9.68. The average Bonchev–Trinajstić information content (AvgIpc) is 3.02. The molecule has 1 aromatic carbocycles. The summed E-state index contributed by atoms with van der Waals surface area (Å²) in [5.41, 5.74) is 1.79. The lowest BCUT2D eigenvalue weighted by Gasteiger charge is -2.38. The van der Waals surface area contributed by atoms with Crippen LogP contribution in [-0.4, -0.2) is 51.3 Å². The molecule has 6 heteroatoms. The molecule has 0 aromatic heterocycles. The number of nitrogens with one attached hydrogen (secondary N) is 1. The van der Waals surface area contributed by atoms with E-state index < -0.39 is 0 Å². The molecule has 0 bridgehead atoms. The van der Waals surface area contributed by atoms with E-state index in [2.05, 4.69) is 27.3 Å². The lowest BCUT2D eigenvalue weighted by Crippen LogP contribution is -2.42. The monoisotopic (exact) mass is 459 g/mol. The number of likely N-dealkylation sites (tertiary alicyclic amines) is 1. The highest BCUT2D eigenvalue weighted by Gasteiger charge is 2.43. The summed E-state index contributed by atoms with van der Waals surface area (Å²) in [6, 6.07) is 8.20. The first kappa shape index (κ1) is 20.3. The molecule has 1 heterocycles. The van der Waals surface area contributed by atoms with Crippen molar-refractivity contribution in [2.75, 3.05) is 40.5 Å². The van der Waals surface area contributed by atoms with Crippen molar-refractivity contribution in [3.8, 4) is 5.75 Å². The molecule has 1 aromatic rings. The van der Waals surface area contributed by atoms with Crippen LogP contribution >= 0.6 is 24.0 Å². The van der Waals surface area contributed by atoms with Gasteiger partial charge >= 0.3 is 0 Å². The summed E-state index contributed by atoms with van der Waals surface area (Å²) in [6.07, 6.45) is 5.50. The standard InChI is InChI=1S/C19H29N3O2.HI/c1-20-18(22-10-9-19(15-22)7-4-8-19)21-14-16-5-3-6-17(13-16)24-12-11-23-2;/h3,5-6,13H,4,7-12,14-15H2,1-2H3,(H,20,21);1H. The summed E-state index contributed by atoms with van der Waals surface area (Å²) in [6.45, 7) is 4.22. The van der Waals surface area contributed by atoms with Crippen molar-refractivity contribution in [2.45, 2.75) is 32.2 Å². The van der Waals surface area contributed by atoms with E-state index >= 15 is 0 Å². The van der Waals surface area contributed by atoms with Crippen LogP contribution in [0.1, 0.15) is 31.2 Å². The number of methoxy groups -OCH3 is 1. The first-order valence-corrected chi connectivity index (χ1v) is 8.91. The SMILES string of the molecule is CN=C(NCc1cccc(OCCOC)c1)N1CCC2(CCC2)C1.I. The Morgan fingerprint density at radius 2 is 2.12 bits per heavy atom. The largest absolute Gasteiger partial charge is 0.491 e. The van der Waals surface area contributed by atoms with Gasteiger partial charge in [0.2, 0.25) is 0 Å². The van der Waals surface area contributed by atoms with Gasteiger partial charge in [-0.05, 0) is 42.4 Å². The van der Waals surface area contributed by atoms with Gasteiger partial charge in [0.25, 0.3) is 0 Å². The van der Waals surface area contributed by atoms with Gasteiger partial charge in [-0.15, -0.1) is 24.0 Å². The number of benzene rings is 1.